The van der Waals surface area contributed by atoms with Crippen LogP contribution in [-0.2, 0) is 16.2 Å². The maximum Gasteiger partial charge on any atom is 0.417 e. The summed E-state index contributed by atoms with van der Waals surface area (Å²) in [6, 6.07) is 7.81. The zero-order valence-corrected chi connectivity index (χ0v) is 14.4. The molecule has 0 spiro atoms. The van der Waals surface area contributed by atoms with Crippen LogP contribution < -0.4 is 19.7 Å². The lowest BCUT2D eigenvalue weighted by Crippen LogP contribution is -2.42. The van der Waals surface area contributed by atoms with Crippen LogP contribution in [0.25, 0.3) is 0 Å². The van der Waals surface area contributed by atoms with Gasteiger partial charge in [-0.15, -0.1) is 4.83 Å². The van der Waals surface area contributed by atoms with E-state index in [1.165, 1.54) is 18.2 Å². The summed E-state index contributed by atoms with van der Waals surface area (Å²) in [5, 5.41) is 0. The number of halogens is 3. The van der Waals surface area contributed by atoms with Gasteiger partial charge in [0.2, 0.25) is 0 Å². The molecule has 1 heterocycles. The number of ether oxygens (including phenoxy) is 2. The van der Waals surface area contributed by atoms with E-state index in [-0.39, 0.29) is 5.56 Å². The molecule has 3 rings (SSSR count). The predicted octanol–water partition coefficient (Wildman–Crippen LogP) is 2.10. The summed E-state index contributed by atoms with van der Waals surface area (Å²) < 4.78 is 74.0. The van der Waals surface area contributed by atoms with E-state index < -0.39 is 32.6 Å². The number of hydrazine groups is 1. The third kappa shape index (κ3) is 4.14. The number of rotatable bonds is 4. The Bertz CT molecular complexity index is 976. The minimum absolute atomic E-state index is 0.0334. The largest absolute Gasteiger partial charge is 0.486 e. The van der Waals surface area contributed by atoms with Crippen molar-refractivity contribution < 1.29 is 35.9 Å². The van der Waals surface area contributed by atoms with Crippen LogP contribution in [0.5, 0.6) is 11.5 Å². The van der Waals surface area contributed by atoms with Crippen molar-refractivity contribution in [1.82, 2.24) is 10.3 Å². The van der Waals surface area contributed by atoms with Crippen molar-refractivity contribution in [2.75, 3.05) is 13.2 Å². The molecule has 2 N–H and O–H groups in total. The zero-order chi connectivity index (χ0) is 19.7. The molecule has 2 aromatic carbocycles. The minimum Gasteiger partial charge on any atom is -0.486 e. The van der Waals surface area contributed by atoms with E-state index in [0.29, 0.717) is 30.8 Å². The van der Waals surface area contributed by atoms with E-state index in [0.717, 1.165) is 18.2 Å². The molecule has 0 saturated carbocycles. The average molecular weight is 402 g/mol. The molecule has 0 aromatic heterocycles. The van der Waals surface area contributed by atoms with Crippen molar-refractivity contribution in [2.24, 2.45) is 0 Å². The van der Waals surface area contributed by atoms with Gasteiger partial charge in [0, 0.05) is 5.56 Å². The first kappa shape index (κ1) is 19.0. The summed E-state index contributed by atoms with van der Waals surface area (Å²) in [6.07, 6.45) is -4.87. The molecule has 1 amide bonds. The van der Waals surface area contributed by atoms with Crippen LogP contribution in [0.4, 0.5) is 13.2 Å². The van der Waals surface area contributed by atoms with Crippen LogP contribution in [0.15, 0.2) is 47.4 Å². The van der Waals surface area contributed by atoms with Gasteiger partial charge in [0.15, 0.2) is 11.5 Å². The summed E-state index contributed by atoms with van der Waals surface area (Å²) >= 11 is 0. The molecule has 11 heteroatoms. The first-order chi connectivity index (χ1) is 12.7. The van der Waals surface area contributed by atoms with Crippen LogP contribution >= 0.6 is 0 Å². The predicted molar refractivity (Wildman–Crippen MR) is 86.7 cm³/mol. The number of alkyl halides is 3. The average Bonchev–Trinajstić information content (AvgIpc) is 2.65. The Hall–Kier alpha value is -2.79. The second-order valence-corrected chi connectivity index (χ2v) is 7.06. The topological polar surface area (TPSA) is 93.7 Å². The lowest BCUT2D eigenvalue weighted by atomic mass is 10.2. The summed E-state index contributed by atoms with van der Waals surface area (Å²) in [5.41, 5.74) is 0.574. The Morgan fingerprint density at radius 3 is 2.37 bits per heavy atom. The summed E-state index contributed by atoms with van der Waals surface area (Å²) in [4.78, 5) is 12.8. The van der Waals surface area contributed by atoms with Crippen molar-refractivity contribution >= 4 is 15.9 Å². The Morgan fingerprint density at radius 1 is 1.00 bits per heavy atom. The van der Waals surface area contributed by atoms with Gasteiger partial charge in [0.1, 0.15) is 13.2 Å². The normalized spacial score (nSPS) is 13.9. The fraction of sp³-hybridized carbons (Fsp3) is 0.188. The third-order valence-electron chi connectivity index (χ3n) is 3.59. The fourth-order valence-corrected chi connectivity index (χ4v) is 3.43. The van der Waals surface area contributed by atoms with E-state index in [9.17, 15) is 26.4 Å². The highest BCUT2D eigenvalue weighted by Crippen LogP contribution is 2.34. The van der Waals surface area contributed by atoms with E-state index in [1.54, 1.807) is 4.83 Å². The Labute approximate surface area is 152 Å². The highest BCUT2D eigenvalue weighted by Gasteiger charge is 2.37. The second kappa shape index (κ2) is 7.08. The standard InChI is InChI=1S/C16H13F3N2O5S/c17-16(18,19)11-3-1-2-4-14(11)27(23,24)21-20-15(22)10-5-6-12-13(9-10)26-8-7-25-12/h1-6,9,21H,7-8H2,(H,20,22). The third-order valence-corrected chi connectivity index (χ3v) is 4.89. The second-order valence-electron chi connectivity index (χ2n) is 5.41. The van der Waals surface area contributed by atoms with Crippen LogP contribution in [0.1, 0.15) is 15.9 Å². The number of nitrogens with one attached hydrogen (secondary N) is 2. The molecule has 2 aromatic rings. The molecule has 0 fully saturated rings. The van der Waals surface area contributed by atoms with Crippen molar-refractivity contribution in [3.63, 3.8) is 0 Å². The number of carbonyl (C=O) groups is 1. The number of hydrogen-bond donors (Lipinski definition) is 2. The first-order valence-corrected chi connectivity index (χ1v) is 9.05. The number of sulfonamides is 1. The van der Waals surface area contributed by atoms with Gasteiger partial charge in [0.05, 0.1) is 10.5 Å². The maximum absolute atomic E-state index is 13.0. The van der Waals surface area contributed by atoms with Gasteiger partial charge in [-0.3, -0.25) is 10.2 Å². The fourth-order valence-electron chi connectivity index (χ4n) is 2.36. The molecule has 0 saturated heterocycles. The molecule has 0 radical (unpaired) electrons. The van der Waals surface area contributed by atoms with E-state index in [4.69, 9.17) is 9.47 Å². The molecule has 0 atom stereocenters. The number of amides is 1. The summed E-state index contributed by atoms with van der Waals surface area (Å²) in [5.74, 6) is -0.142. The molecule has 144 valence electrons. The number of fused-ring (bicyclic) bond motifs is 1. The van der Waals surface area contributed by atoms with Crippen molar-refractivity contribution in [1.29, 1.82) is 0 Å². The number of carbonyl (C=O) groups excluding carboxylic acids is 1. The van der Waals surface area contributed by atoms with Crippen LogP contribution in [0.3, 0.4) is 0 Å². The molecular formula is C16H13F3N2O5S. The van der Waals surface area contributed by atoms with Crippen LogP contribution in [0.2, 0.25) is 0 Å². The number of hydrogen-bond acceptors (Lipinski definition) is 5. The lowest BCUT2D eigenvalue weighted by molar-refractivity contribution is -0.139. The minimum atomic E-state index is -4.87. The molecule has 7 nitrogen and oxygen atoms in total. The molecule has 1 aliphatic heterocycles. The molecule has 0 unspecified atom stereocenters. The highest BCUT2D eigenvalue weighted by atomic mass is 32.2. The van der Waals surface area contributed by atoms with Gasteiger partial charge in [-0.1, -0.05) is 12.1 Å². The van der Waals surface area contributed by atoms with E-state index in [2.05, 4.69) is 0 Å². The SMILES string of the molecule is O=C(NNS(=O)(=O)c1ccccc1C(F)(F)F)c1ccc2c(c1)OCCO2. The molecular weight excluding hydrogens is 389 g/mol. The summed E-state index contributed by atoms with van der Waals surface area (Å²) in [7, 11) is -4.65. The zero-order valence-electron chi connectivity index (χ0n) is 13.5. The Morgan fingerprint density at radius 2 is 1.67 bits per heavy atom. The van der Waals surface area contributed by atoms with E-state index >= 15 is 0 Å². The molecule has 27 heavy (non-hydrogen) atoms. The monoisotopic (exact) mass is 402 g/mol. The van der Waals surface area contributed by atoms with Crippen molar-refractivity contribution in [3.8, 4) is 11.5 Å². The molecule has 1 aliphatic rings. The molecule has 0 bridgehead atoms. The lowest BCUT2D eigenvalue weighted by Gasteiger charge is -2.18. The van der Waals surface area contributed by atoms with E-state index in [1.807, 2.05) is 5.43 Å². The van der Waals surface area contributed by atoms with Crippen LogP contribution in [-0.4, -0.2) is 27.5 Å². The maximum atomic E-state index is 13.0. The van der Waals surface area contributed by atoms with Gasteiger partial charge in [-0.25, -0.2) is 8.42 Å². The Kier molecular flexibility index (Phi) is 4.98. The van der Waals surface area contributed by atoms with Crippen molar-refractivity contribution in [2.45, 2.75) is 11.1 Å². The van der Waals surface area contributed by atoms with Gasteiger partial charge >= 0.3 is 6.18 Å². The molecule has 0 aliphatic carbocycles. The van der Waals surface area contributed by atoms with Gasteiger partial charge in [-0.05, 0) is 30.3 Å². The van der Waals surface area contributed by atoms with Gasteiger partial charge < -0.3 is 9.47 Å². The van der Waals surface area contributed by atoms with Gasteiger partial charge in [-0.2, -0.15) is 13.2 Å². The smallest absolute Gasteiger partial charge is 0.417 e. The Balaban J connectivity index is 1.77. The number of benzene rings is 2. The van der Waals surface area contributed by atoms with Crippen LogP contribution in [0, 0.1) is 0 Å². The highest BCUT2D eigenvalue weighted by molar-refractivity contribution is 7.89. The summed E-state index contributed by atoms with van der Waals surface area (Å²) in [6.45, 7) is 0.649. The van der Waals surface area contributed by atoms with Gasteiger partial charge in [0.25, 0.3) is 15.9 Å². The first-order valence-electron chi connectivity index (χ1n) is 7.56. The quantitative estimate of drug-likeness (QED) is 0.764. The van der Waals surface area contributed by atoms with Crippen molar-refractivity contribution in [3.05, 3.63) is 53.6 Å².